The van der Waals surface area contributed by atoms with Crippen LogP contribution in [0.15, 0.2) is 47.6 Å². The number of carboxylic acids is 1. The van der Waals surface area contributed by atoms with Gasteiger partial charge in [0.1, 0.15) is 12.4 Å². The highest BCUT2D eigenvalue weighted by Gasteiger charge is 2.13. The fourth-order valence-electron chi connectivity index (χ4n) is 2.44. The van der Waals surface area contributed by atoms with Crippen molar-refractivity contribution in [2.45, 2.75) is 25.2 Å². The fourth-order valence-corrected chi connectivity index (χ4v) is 3.18. The fraction of sp³-hybridized carbons (Fsp3) is 0.235. The Morgan fingerprint density at radius 3 is 2.79 bits per heavy atom. The monoisotopic (exact) mass is 343 g/mol. The highest BCUT2D eigenvalue weighted by atomic mass is 32.2. The molecule has 0 aliphatic heterocycles. The normalized spacial score (nSPS) is 10.9. The van der Waals surface area contributed by atoms with Crippen LogP contribution in [0.1, 0.15) is 12.7 Å². The predicted molar refractivity (Wildman–Crippen MR) is 92.3 cm³/mol. The molecule has 3 aromatic rings. The SMILES string of the molecule is CCn1c(COc2cccc3ccccc23)nnc1SCC(=O)O. The molecule has 1 heterocycles. The van der Waals surface area contributed by atoms with Gasteiger partial charge in [-0.3, -0.25) is 4.79 Å². The first-order valence-corrected chi connectivity index (χ1v) is 8.55. The number of hydrogen-bond acceptors (Lipinski definition) is 5. The molecule has 0 amide bonds. The van der Waals surface area contributed by atoms with Gasteiger partial charge in [-0.25, -0.2) is 0 Å². The van der Waals surface area contributed by atoms with E-state index in [2.05, 4.69) is 10.2 Å². The maximum absolute atomic E-state index is 10.7. The maximum Gasteiger partial charge on any atom is 0.313 e. The van der Waals surface area contributed by atoms with Gasteiger partial charge in [0.05, 0.1) is 5.75 Å². The van der Waals surface area contributed by atoms with Crippen molar-refractivity contribution in [1.29, 1.82) is 0 Å². The number of aliphatic carboxylic acids is 1. The molecule has 0 fully saturated rings. The molecule has 124 valence electrons. The van der Waals surface area contributed by atoms with Gasteiger partial charge in [-0.2, -0.15) is 0 Å². The molecular formula is C17H17N3O3S. The Morgan fingerprint density at radius 1 is 1.21 bits per heavy atom. The summed E-state index contributed by atoms with van der Waals surface area (Å²) in [6.45, 7) is 2.90. The molecule has 0 saturated heterocycles. The van der Waals surface area contributed by atoms with Crippen molar-refractivity contribution >= 4 is 28.5 Å². The standard InChI is InChI=1S/C17H17N3O3S/c1-2-20-15(18-19-17(20)24-11-16(21)22)10-23-14-9-5-7-12-6-3-4-8-13(12)14/h3-9H,2,10-11H2,1H3,(H,21,22). The van der Waals surface area contributed by atoms with Crippen LogP contribution in [0, 0.1) is 0 Å². The average Bonchev–Trinajstić information content (AvgIpc) is 3.00. The summed E-state index contributed by atoms with van der Waals surface area (Å²) in [7, 11) is 0. The minimum absolute atomic E-state index is 0.0394. The lowest BCUT2D eigenvalue weighted by molar-refractivity contribution is -0.133. The molecule has 1 N–H and O–H groups in total. The van der Waals surface area contributed by atoms with E-state index in [9.17, 15) is 4.79 Å². The Balaban J connectivity index is 1.77. The van der Waals surface area contributed by atoms with E-state index < -0.39 is 5.97 Å². The Kier molecular flexibility index (Phi) is 5.00. The Bertz CT molecular complexity index is 858. The number of hydrogen-bond donors (Lipinski definition) is 1. The zero-order chi connectivity index (χ0) is 16.9. The highest BCUT2D eigenvalue weighted by molar-refractivity contribution is 7.99. The first-order chi connectivity index (χ1) is 11.7. The largest absolute Gasteiger partial charge is 0.485 e. The van der Waals surface area contributed by atoms with E-state index in [1.165, 1.54) is 0 Å². The minimum Gasteiger partial charge on any atom is -0.485 e. The molecule has 0 saturated carbocycles. The second-order valence-corrected chi connectivity index (χ2v) is 6.03. The van der Waals surface area contributed by atoms with E-state index in [4.69, 9.17) is 9.84 Å². The molecule has 24 heavy (non-hydrogen) atoms. The van der Waals surface area contributed by atoms with Crippen LogP contribution in [0.25, 0.3) is 10.8 Å². The van der Waals surface area contributed by atoms with Crippen LogP contribution in [0.4, 0.5) is 0 Å². The maximum atomic E-state index is 10.7. The van der Waals surface area contributed by atoms with Crippen LogP contribution in [0.5, 0.6) is 5.75 Å². The van der Waals surface area contributed by atoms with Crippen molar-refractivity contribution in [2.75, 3.05) is 5.75 Å². The summed E-state index contributed by atoms with van der Waals surface area (Å²) in [4.78, 5) is 10.7. The third-order valence-electron chi connectivity index (χ3n) is 3.54. The molecule has 6 nitrogen and oxygen atoms in total. The van der Waals surface area contributed by atoms with Gasteiger partial charge in [0, 0.05) is 11.9 Å². The summed E-state index contributed by atoms with van der Waals surface area (Å²) in [6.07, 6.45) is 0. The molecule has 2 aromatic carbocycles. The van der Waals surface area contributed by atoms with Crippen molar-refractivity contribution in [3.8, 4) is 5.75 Å². The third kappa shape index (κ3) is 3.51. The van der Waals surface area contributed by atoms with Crippen LogP contribution in [-0.2, 0) is 17.9 Å². The lowest BCUT2D eigenvalue weighted by Crippen LogP contribution is -2.08. The summed E-state index contributed by atoms with van der Waals surface area (Å²) in [5.41, 5.74) is 0. The van der Waals surface area contributed by atoms with Gasteiger partial charge in [0.2, 0.25) is 0 Å². The Labute approximate surface area is 143 Å². The smallest absolute Gasteiger partial charge is 0.313 e. The van der Waals surface area contributed by atoms with Crippen LogP contribution in [0.3, 0.4) is 0 Å². The number of rotatable bonds is 7. The van der Waals surface area contributed by atoms with Crippen LogP contribution in [-0.4, -0.2) is 31.6 Å². The topological polar surface area (TPSA) is 77.2 Å². The van der Waals surface area contributed by atoms with Gasteiger partial charge in [-0.05, 0) is 18.4 Å². The molecule has 0 aliphatic rings. The average molecular weight is 343 g/mol. The van der Waals surface area contributed by atoms with Crippen molar-refractivity contribution in [1.82, 2.24) is 14.8 Å². The number of ether oxygens (including phenoxy) is 1. The van der Waals surface area contributed by atoms with Gasteiger partial charge in [0.25, 0.3) is 0 Å². The summed E-state index contributed by atoms with van der Waals surface area (Å²) in [6, 6.07) is 13.9. The first-order valence-electron chi connectivity index (χ1n) is 7.56. The highest BCUT2D eigenvalue weighted by Crippen LogP contribution is 2.26. The second-order valence-electron chi connectivity index (χ2n) is 5.09. The molecule has 0 radical (unpaired) electrons. The van der Waals surface area contributed by atoms with Gasteiger partial charge < -0.3 is 14.4 Å². The van der Waals surface area contributed by atoms with E-state index in [0.29, 0.717) is 17.5 Å². The Hall–Kier alpha value is -2.54. The van der Waals surface area contributed by atoms with Crippen LogP contribution >= 0.6 is 11.8 Å². The number of carbonyl (C=O) groups is 1. The molecule has 7 heteroatoms. The van der Waals surface area contributed by atoms with E-state index >= 15 is 0 Å². The molecule has 0 aliphatic carbocycles. The van der Waals surface area contributed by atoms with Crippen molar-refractivity contribution in [3.63, 3.8) is 0 Å². The predicted octanol–water partition coefficient (Wildman–Crippen LogP) is 3.21. The van der Waals surface area contributed by atoms with Gasteiger partial charge in [0.15, 0.2) is 11.0 Å². The van der Waals surface area contributed by atoms with Gasteiger partial charge in [-0.15, -0.1) is 10.2 Å². The number of thioether (sulfide) groups is 1. The van der Waals surface area contributed by atoms with Crippen LogP contribution < -0.4 is 4.74 Å². The van der Waals surface area contributed by atoms with E-state index in [-0.39, 0.29) is 12.4 Å². The second kappa shape index (κ2) is 7.35. The number of benzene rings is 2. The molecule has 0 bridgehead atoms. The zero-order valence-corrected chi connectivity index (χ0v) is 14.0. The lowest BCUT2D eigenvalue weighted by atomic mass is 10.1. The van der Waals surface area contributed by atoms with Crippen LogP contribution in [0.2, 0.25) is 0 Å². The number of aromatic nitrogens is 3. The van der Waals surface area contributed by atoms with Crippen molar-refractivity contribution in [2.24, 2.45) is 0 Å². The van der Waals surface area contributed by atoms with E-state index in [1.54, 1.807) is 0 Å². The van der Waals surface area contributed by atoms with Gasteiger partial charge in [-0.1, -0.05) is 48.2 Å². The summed E-state index contributed by atoms with van der Waals surface area (Å²) < 4.78 is 7.81. The quantitative estimate of drug-likeness (QED) is 0.664. The summed E-state index contributed by atoms with van der Waals surface area (Å²) in [5.74, 6) is 0.554. The molecule has 0 atom stereocenters. The van der Waals surface area contributed by atoms with Crippen molar-refractivity contribution in [3.05, 3.63) is 48.3 Å². The summed E-state index contributed by atoms with van der Waals surface area (Å²) in [5, 5.41) is 19.7. The molecule has 0 unspecified atom stereocenters. The molecular weight excluding hydrogens is 326 g/mol. The number of carboxylic acid groups (broad SMARTS) is 1. The molecule has 1 aromatic heterocycles. The number of nitrogens with zero attached hydrogens (tertiary/aromatic N) is 3. The third-order valence-corrected chi connectivity index (χ3v) is 4.49. The van der Waals surface area contributed by atoms with Gasteiger partial charge >= 0.3 is 5.97 Å². The molecule has 3 rings (SSSR count). The van der Waals surface area contributed by atoms with Crippen molar-refractivity contribution < 1.29 is 14.6 Å². The van der Waals surface area contributed by atoms with E-state index in [0.717, 1.165) is 28.3 Å². The van der Waals surface area contributed by atoms with E-state index in [1.807, 2.05) is 54.0 Å². The lowest BCUT2D eigenvalue weighted by Gasteiger charge is -2.10. The zero-order valence-electron chi connectivity index (χ0n) is 13.2. The Morgan fingerprint density at radius 2 is 2.00 bits per heavy atom. The number of fused-ring (bicyclic) bond motifs is 1. The summed E-state index contributed by atoms with van der Waals surface area (Å²) >= 11 is 1.16. The molecule has 0 spiro atoms. The minimum atomic E-state index is -0.876. The first kappa shape index (κ1) is 16.3.